The molecule has 3 N–H and O–H groups in total. The Morgan fingerprint density at radius 1 is 1.47 bits per heavy atom. The van der Waals surface area contributed by atoms with Gasteiger partial charge >= 0.3 is 5.97 Å². The first-order chi connectivity index (χ1) is 7.95. The molecule has 0 aliphatic carbocycles. The number of hydrogen-bond donors (Lipinski definition) is 2. The summed E-state index contributed by atoms with van der Waals surface area (Å²) in [6, 6.07) is 1.18. The van der Waals surface area contributed by atoms with Crippen LogP contribution in [0.1, 0.15) is 12.0 Å². The maximum atomic E-state index is 13.3. The van der Waals surface area contributed by atoms with E-state index in [-0.39, 0.29) is 12.8 Å². The van der Waals surface area contributed by atoms with Gasteiger partial charge in [-0.15, -0.1) is 0 Å². The van der Waals surface area contributed by atoms with Gasteiger partial charge < -0.3 is 15.6 Å². The maximum Gasteiger partial charge on any atom is 0.320 e. The standard InChI is InChI=1S/C11H13F2NO3/c1-17-10-7(12)4-6(5-8(10)13)2-3-9(14)11(15)16/h4-5,9H,2-3,14H2,1H3,(H,15,16). The lowest BCUT2D eigenvalue weighted by Gasteiger charge is -2.08. The van der Waals surface area contributed by atoms with Gasteiger partial charge in [-0.25, -0.2) is 8.78 Å². The highest BCUT2D eigenvalue weighted by molar-refractivity contribution is 5.73. The molecule has 0 spiro atoms. The van der Waals surface area contributed by atoms with Crippen molar-refractivity contribution >= 4 is 5.97 Å². The van der Waals surface area contributed by atoms with E-state index >= 15 is 0 Å². The summed E-state index contributed by atoms with van der Waals surface area (Å²) in [5, 5.41) is 8.56. The summed E-state index contributed by atoms with van der Waals surface area (Å²) in [5.41, 5.74) is 5.63. The SMILES string of the molecule is COc1c(F)cc(CCC(N)C(=O)O)cc1F. The number of carboxylic acids is 1. The van der Waals surface area contributed by atoms with Crippen molar-refractivity contribution in [3.05, 3.63) is 29.3 Å². The van der Waals surface area contributed by atoms with Crippen LogP contribution in [0.4, 0.5) is 8.78 Å². The van der Waals surface area contributed by atoms with Crippen LogP contribution < -0.4 is 10.5 Å². The minimum absolute atomic E-state index is 0.112. The number of aryl methyl sites for hydroxylation is 1. The number of hydrogen-bond acceptors (Lipinski definition) is 3. The van der Waals surface area contributed by atoms with Crippen molar-refractivity contribution in [1.29, 1.82) is 0 Å². The van der Waals surface area contributed by atoms with E-state index in [1.165, 1.54) is 7.11 Å². The van der Waals surface area contributed by atoms with E-state index in [1.54, 1.807) is 0 Å². The van der Waals surface area contributed by atoms with E-state index in [0.29, 0.717) is 5.56 Å². The second-order valence-electron chi connectivity index (χ2n) is 3.58. The van der Waals surface area contributed by atoms with E-state index in [2.05, 4.69) is 4.74 Å². The van der Waals surface area contributed by atoms with Crippen molar-refractivity contribution in [1.82, 2.24) is 0 Å². The summed E-state index contributed by atoms with van der Waals surface area (Å²) >= 11 is 0. The van der Waals surface area contributed by atoms with E-state index < -0.39 is 29.4 Å². The molecule has 0 saturated carbocycles. The van der Waals surface area contributed by atoms with Gasteiger partial charge in [-0.05, 0) is 30.5 Å². The van der Waals surface area contributed by atoms with E-state index in [9.17, 15) is 13.6 Å². The molecule has 1 atom stereocenters. The molecule has 0 heterocycles. The number of carbonyl (C=O) groups is 1. The Hall–Kier alpha value is -1.69. The molecule has 0 aliphatic rings. The number of carboxylic acid groups (broad SMARTS) is 1. The zero-order chi connectivity index (χ0) is 13.0. The van der Waals surface area contributed by atoms with Gasteiger partial charge in [0.2, 0.25) is 0 Å². The lowest BCUT2D eigenvalue weighted by molar-refractivity contribution is -0.138. The van der Waals surface area contributed by atoms with Gasteiger partial charge in [-0.3, -0.25) is 4.79 Å². The molecular weight excluding hydrogens is 232 g/mol. The molecule has 0 aromatic heterocycles. The molecule has 0 bridgehead atoms. The zero-order valence-electron chi connectivity index (χ0n) is 9.24. The molecule has 0 radical (unpaired) electrons. The van der Waals surface area contributed by atoms with Gasteiger partial charge in [0.1, 0.15) is 6.04 Å². The van der Waals surface area contributed by atoms with Crippen LogP contribution in [0.5, 0.6) is 5.75 Å². The van der Waals surface area contributed by atoms with Crippen LogP contribution >= 0.6 is 0 Å². The summed E-state index contributed by atoms with van der Waals surface area (Å²) in [4.78, 5) is 10.5. The highest BCUT2D eigenvalue weighted by Gasteiger charge is 2.14. The zero-order valence-corrected chi connectivity index (χ0v) is 9.24. The van der Waals surface area contributed by atoms with Crippen molar-refractivity contribution in [3.8, 4) is 5.75 Å². The second kappa shape index (κ2) is 5.58. The summed E-state index contributed by atoms with van der Waals surface area (Å²) in [6.45, 7) is 0. The monoisotopic (exact) mass is 245 g/mol. The number of rotatable bonds is 5. The highest BCUT2D eigenvalue weighted by Crippen LogP contribution is 2.23. The van der Waals surface area contributed by atoms with Crippen LogP contribution in [-0.4, -0.2) is 24.2 Å². The van der Waals surface area contributed by atoms with Crippen molar-refractivity contribution in [2.45, 2.75) is 18.9 Å². The lowest BCUT2D eigenvalue weighted by Crippen LogP contribution is -2.30. The second-order valence-corrected chi connectivity index (χ2v) is 3.58. The molecule has 1 rings (SSSR count). The predicted molar refractivity (Wildman–Crippen MR) is 56.8 cm³/mol. The van der Waals surface area contributed by atoms with Gasteiger partial charge in [0.15, 0.2) is 17.4 Å². The molecule has 6 heteroatoms. The van der Waals surface area contributed by atoms with Crippen LogP contribution in [0.3, 0.4) is 0 Å². The van der Waals surface area contributed by atoms with Gasteiger partial charge in [-0.2, -0.15) is 0 Å². The molecule has 0 amide bonds. The molecule has 0 fully saturated rings. The first-order valence-corrected chi connectivity index (χ1v) is 4.96. The largest absolute Gasteiger partial charge is 0.491 e. The number of ether oxygens (including phenoxy) is 1. The smallest absolute Gasteiger partial charge is 0.320 e. The predicted octanol–water partition coefficient (Wildman–Crippen LogP) is 1.32. The summed E-state index contributed by atoms with van der Waals surface area (Å²) in [7, 11) is 1.17. The molecular formula is C11H13F2NO3. The number of halogens is 2. The molecule has 1 unspecified atom stereocenters. The third kappa shape index (κ3) is 3.39. The highest BCUT2D eigenvalue weighted by atomic mass is 19.1. The molecule has 17 heavy (non-hydrogen) atoms. The number of benzene rings is 1. The Bertz CT molecular complexity index is 400. The third-order valence-corrected chi connectivity index (χ3v) is 2.32. The van der Waals surface area contributed by atoms with Crippen LogP contribution in [0.25, 0.3) is 0 Å². The van der Waals surface area contributed by atoms with Gasteiger partial charge in [0, 0.05) is 0 Å². The minimum atomic E-state index is -1.14. The Balaban J connectivity index is 2.77. The quantitative estimate of drug-likeness (QED) is 0.820. The fraction of sp³-hybridized carbons (Fsp3) is 0.364. The Kier molecular flexibility index (Phi) is 4.39. The lowest BCUT2D eigenvalue weighted by atomic mass is 10.1. The fourth-order valence-corrected chi connectivity index (χ4v) is 1.40. The van der Waals surface area contributed by atoms with Crippen molar-refractivity contribution in [3.63, 3.8) is 0 Å². The third-order valence-electron chi connectivity index (χ3n) is 2.32. The average molecular weight is 245 g/mol. The van der Waals surface area contributed by atoms with Crippen LogP contribution in [-0.2, 0) is 11.2 Å². The van der Waals surface area contributed by atoms with E-state index in [0.717, 1.165) is 12.1 Å². The Morgan fingerprint density at radius 2 is 2.00 bits per heavy atom. The first kappa shape index (κ1) is 13.4. The first-order valence-electron chi connectivity index (χ1n) is 4.96. The summed E-state index contributed by atoms with van der Waals surface area (Å²) in [6.07, 6.45) is 0.297. The van der Waals surface area contributed by atoms with Gasteiger partial charge in [0.25, 0.3) is 0 Å². The van der Waals surface area contributed by atoms with Crippen LogP contribution in [0.2, 0.25) is 0 Å². The maximum absolute atomic E-state index is 13.3. The molecule has 4 nitrogen and oxygen atoms in total. The average Bonchev–Trinajstić information content (AvgIpc) is 2.25. The summed E-state index contributed by atoms with van der Waals surface area (Å²) < 4.78 is 31.1. The van der Waals surface area contributed by atoms with Gasteiger partial charge in [-0.1, -0.05) is 0 Å². The molecule has 0 saturated heterocycles. The Morgan fingerprint density at radius 3 is 2.41 bits per heavy atom. The normalized spacial score (nSPS) is 12.2. The number of methoxy groups -OCH3 is 1. The summed E-state index contributed by atoms with van der Waals surface area (Å²) in [5.74, 6) is -3.21. The molecule has 1 aromatic rings. The minimum Gasteiger partial charge on any atom is -0.491 e. The molecule has 0 aliphatic heterocycles. The molecule has 1 aromatic carbocycles. The van der Waals surface area contributed by atoms with Crippen molar-refractivity contribution in [2.24, 2.45) is 5.73 Å². The topological polar surface area (TPSA) is 72.5 Å². The van der Waals surface area contributed by atoms with E-state index in [1.807, 2.05) is 0 Å². The van der Waals surface area contributed by atoms with Crippen molar-refractivity contribution in [2.75, 3.05) is 7.11 Å². The number of aliphatic carboxylic acids is 1. The molecule has 94 valence electrons. The Labute approximate surface area is 97.0 Å². The van der Waals surface area contributed by atoms with Gasteiger partial charge in [0.05, 0.1) is 7.11 Å². The number of nitrogens with two attached hydrogens (primary N) is 1. The van der Waals surface area contributed by atoms with Crippen molar-refractivity contribution < 1.29 is 23.4 Å². The van der Waals surface area contributed by atoms with E-state index in [4.69, 9.17) is 10.8 Å². The van der Waals surface area contributed by atoms with Crippen LogP contribution in [0.15, 0.2) is 12.1 Å². The fourth-order valence-electron chi connectivity index (χ4n) is 1.40. The van der Waals surface area contributed by atoms with Crippen LogP contribution in [0, 0.1) is 11.6 Å².